The number of rotatable bonds is 5. The second-order valence-corrected chi connectivity index (χ2v) is 7.15. The van der Waals surface area contributed by atoms with Crippen LogP contribution in [0.15, 0.2) is 66.0 Å². The first-order valence-electron chi connectivity index (χ1n) is 8.36. The van der Waals surface area contributed by atoms with E-state index < -0.39 is 0 Å². The van der Waals surface area contributed by atoms with Gasteiger partial charge < -0.3 is 10.2 Å². The van der Waals surface area contributed by atoms with Gasteiger partial charge in [0.25, 0.3) is 5.91 Å². The Kier molecular flexibility index (Phi) is 5.19. The molecule has 3 aromatic rings. The van der Waals surface area contributed by atoms with E-state index in [4.69, 9.17) is 0 Å². The number of aryl methyl sites for hydroxylation is 1. The van der Waals surface area contributed by atoms with Crippen molar-refractivity contribution in [3.05, 3.63) is 76.5 Å². The molecule has 0 radical (unpaired) electrons. The first kappa shape index (κ1) is 17.2. The van der Waals surface area contributed by atoms with Crippen molar-refractivity contribution in [2.24, 2.45) is 0 Å². The van der Waals surface area contributed by atoms with Gasteiger partial charge in [-0.2, -0.15) is 0 Å². The molecule has 0 atom stereocenters. The second kappa shape index (κ2) is 7.53. The summed E-state index contributed by atoms with van der Waals surface area (Å²) in [4.78, 5) is 15.4. The van der Waals surface area contributed by atoms with Crippen LogP contribution in [0, 0.1) is 6.92 Å². The Morgan fingerprint density at radius 2 is 1.60 bits per heavy atom. The van der Waals surface area contributed by atoms with Crippen LogP contribution in [0.1, 0.15) is 29.1 Å². The minimum absolute atomic E-state index is 0.0518. The maximum atomic E-state index is 12.3. The summed E-state index contributed by atoms with van der Waals surface area (Å²) in [6, 6.07) is 20.6. The molecule has 3 nitrogen and oxygen atoms in total. The van der Waals surface area contributed by atoms with Gasteiger partial charge in [0.15, 0.2) is 0 Å². The summed E-state index contributed by atoms with van der Waals surface area (Å²) in [6.45, 7) is 6.29. The number of hydrogen-bond donors (Lipinski definition) is 1. The Balaban J connectivity index is 1.79. The summed E-state index contributed by atoms with van der Waals surface area (Å²) in [5, 5.41) is 4.91. The molecule has 0 saturated heterocycles. The zero-order valence-corrected chi connectivity index (χ0v) is 15.5. The molecule has 0 aliphatic rings. The van der Waals surface area contributed by atoms with Crippen LogP contribution >= 0.6 is 11.3 Å². The standard InChI is InChI=1S/C21H22N2OS/c1-15(2)23(18-7-5-4-6-8-18)19-11-9-17(10-12-19)22-21(24)20-16(3)13-14-25-20/h4-15H,1-3H3,(H,22,24). The van der Waals surface area contributed by atoms with Crippen LogP contribution in [-0.4, -0.2) is 11.9 Å². The maximum absolute atomic E-state index is 12.3. The lowest BCUT2D eigenvalue weighted by Gasteiger charge is -2.29. The van der Waals surface area contributed by atoms with E-state index in [9.17, 15) is 4.79 Å². The molecule has 1 heterocycles. The van der Waals surface area contributed by atoms with E-state index in [1.54, 1.807) is 0 Å². The average molecular weight is 350 g/mol. The average Bonchev–Trinajstić information content (AvgIpc) is 3.03. The Hall–Kier alpha value is -2.59. The number of carbonyl (C=O) groups excluding carboxylic acids is 1. The Morgan fingerprint density at radius 3 is 2.16 bits per heavy atom. The number of hydrogen-bond acceptors (Lipinski definition) is 3. The van der Waals surface area contributed by atoms with Gasteiger partial charge in [0.05, 0.1) is 4.88 Å². The van der Waals surface area contributed by atoms with Crippen LogP contribution in [0.3, 0.4) is 0 Å². The SMILES string of the molecule is Cc1ccsc1C(=O)Nc1ccc(N(c2ccccc2)C(C)C)cc1. The van der Waals surface area contributed by atoms with Crippen molar-refractivity contribution >= 4 is 34.3 Å². The van der Waals surface area contributed by atoms with Crippen molar-refractivity contribution in [2.45, 2.75) is 26.8 Å². The van der Waals surface area contributed by atoms with Crippen LogP contribution in [0.4, 0.5) is 17.1 Å². The number of benzene rings is 2. The molecule has 1 aromatic heterocycles. The Bertz CT molecular complexity index is 838. The van der Waals surface area contributed by atoms with Crippen LogP contribution in [0.2, 0.25) is 0 Å². The highest BCUT2D eigenvalue weighted by Crippen LogP contribution is 2.29. The van der Waals surface area contributed by atoms with Crippen molar-refractivity contribution in [1.29, 1.82) is 0 Å². The molecule has 2 aromatic carbocycles. The molecule has 128 valence electrons. The van der Waals surface area contributed by atoms with Gasteiger partial charge in [-0.25, -0.2) is 0 Å². The van der Waals surface area contributed by atoms with Crippen LogP contribution < -0.4 is 10.2 Å². The van der Waals surface area contributed by atoms with Crippen LogP contribution in [0.5, 0.6) is 0 Å². The van der Waals surface area contributed by atoms with Crippen molar-refractivity contribution in [1.82, 2.24) is 0 Å². The quantitative estimate of drug-likeness (QED) is 0.625. The normalized spacial score (nSPS) is 10.7. The van der Waals surface area contributed by atoms with E-state index in [-0.39, 0.29) is 5.91 Å². The summed E-state index contributed by atoms with van der Waals surface area (Å²) in [5.74, 6) is -0.0518. The van der Waals surface area contributed by atoms with E-state index >= 15 is 0 Å². The molecular formula is C21H22N2OS. The third kappa shape index (κ3) is 3.91. The van der Waals surface area contributed by atoms with Gasteiger partial charge in [0, 0.05) is 23.1 Å². The number of thiophene rings is 1. The number of anilines is 3. The fourth-order valence-corrected chi connectivity index (χ4v) is 3.65. The highest BCUT2D eigenvalue weighted by Gasteiger charge is 2.14. The fraction of sp³-hybridized carbons (Fsp3) is 0.190. The summed E-state index contributed by atoms with van der Waals surface area (Å²) in [7, 11) is 0. The highest BCUT2D eigenvalue weighted by atomic mass is 32.1. The molecule has 0 fully saturated rings. The lowest BCUT2D eigenvalue weighted by molar-refractivity contribution is 0.103. The Labute approximate surface area is 152 Å². The molecular weight excluding hydrogens is 328 g/mol. The number of amides is 1. The minimum atomic E-state index is -0.0518. The third-order valence-corrected chi connectivity index (χ3v) is 5.04. The third-order valence-electron chi connectivity index (χ3n) is 4.02. The molecule has 0 spiro atoms. The lowest BCUT2D eigenvalue weighted by Crippen LogP contribution is -2.25. The first-order valence-corrected chi connectivity index (χ1v) is 9.24. The largest absolute Gasteiger partial charge is 0.339 e. The zero-order valence-electron chi connectivity index (χ0n) is 14.7. The highest BCUT2D eigenvalue weighted by molar-refractivity contribution is 7.12. The van der Waals surface area contributed by atoms with Gasteiger partial charge in [-0.1, -0.05) is 18.2 Å². The molecule has 0 unspecified atom stereocenters. The topological polar surface area (TPSA) is 32.3 Å². The van der Waals surface area contributed by atoms with Gasteiger partial charge in [0.1, 0.15) is 0 Å². The molecule has 0 aliphatic heterocycles. The van der Waals surface area contributed by atoms with Crippen LogP contribution in [-0.2, 0) is 0 Å². The molecule has 3 rings (SSSR count). The minimum Gasteiger partial charge on any atom is -0.339 e. The van der Waals surface area contributed by atoms with Gasteiger partial charge in [0.2, 0.25) is 0 Å². The number of para-hydroxylation sites is 1. The summed E-state index contributed by atoms with van der Waals surface area (Å²) >= 11 is 1.47. The van der Waals surface area contributed by atoms with E-state index in [1.165, 1.54) is 11.3 Å². The molecule has 0 bridgehead atoms. The molecule has 0 aliphatic carbocycles. The van der Waals surface area contributed by atoms with Crippen molar-refractivity contribution in [3.8, 4) is 0 Å². The Morgan fingerprint density at radius 1 is 0.960 bits per heavy atom. The zero-order chi connectivity index (χ0) is 17.8. The summed E-state index contributed by atoms with van der Waals surface area (Å²) < 4.78 is 0. The van der Waals surface area contributed by atoms with Gasteiger partial charge in [-0.3, -0.25) is 4.79 Å². The van der Waals surface area contributed by atoms with Crippen LogP contribution in [0.25, 0.3) is 0 Å². The molecule has 4 heteroatoms. The van der Waals surface area contributed by atoms with Crippen molar-refractivity contribution in [3.63, 3.8) is 0 Å². The second-order valence-electron chi connectivity index (χ2n) is 6.23. The summed E-state index contributed by atoms with van der Waals surface area (Å²) in [5.41, 5.74) is 4.07. The smallest absolute Gasteiger partial charge is 0.265 e. The number of nitrogens with one attached hydrogen (secondary N) is 1. The van der Waals surface area contributed by atoms with E-state index in [2.05, 4.69) is 36.2 Å². The van der Waals surface area contributed by atoms with E-state index in [0.717, 1.165) is 27.5 Å². The molecule has 1 amide bonds. The van der Waals surface area contributed by atoms with Crippen molar-refractivity contribution in [2.75, 3.05) is 10.2 Å². The van der Waals surface area contributed by atoms with E-state index in [1.807, 2.05) is 60.8 Å². The predicted molar refractivity (Wildman–Crippen MR) is 107 cm³/mol. The van der Waals surface area contributed by atoms with Gasteiger partial charge >= 0.3 is 0 Å². The fourth-order valence-electron chi connectivity index (χ4n) is 2.83. The van der Waals surface area contributed by atoms with Gasteiger partial charge in [-0.05, 0) is 74.2 Å². The summed E-state index contributed by atoms with van der Waals surface area (Å²) in [6.07, 6.45) is 0. The van der Waals surface area contributed by atoms with Gasteiger partial charge in [-0.15, -0.1) is 11.3 Å². The molecule has 1 N–H and O–H groups in total. The van der Waals surface area contributed by atoms with E-state index in [0.29, 0.717) is 6.04 Å². The number of carbonyl (C=O) groups is 1. The molecule has 0 saturated carbocycles. The van der Waals surface area contributed by atoms with Crippen molar-refractivity contribution < 1.29 is 4.79 Å². The first-order chi connectivity index (χ1) is 12.1. The number of nitrogens with zero attached hydrogens (tertiary/aromatic N) is 1. The maximum Gasteiger partial charge on any atom is 0.265 e. The predicted octanol–water partition coefficient (Wildman–Crippen LogP) is 5.86. The monoisotopic (exact) mass is 350 g/mol. The molecule has 25 heavy (non-hydrogen) atoms. The lowest BCUT2D eigenvalue weighted by atomic mass is 10.1.